The minimum Gasteiger partial charge on any atom is -0.677 e. The van der Waals surface area contributed by atoms with Crippen molar-refractivity contribution in [3.8, 4) is 5.75 Å². The number of carbonyl (C=O) groups is 2. The Morgan fingerprint density at radius 1 is 1.26 bits per heavy atom. The Balaban J connectivity index is 0.00000324. The van der Waals surface area contributed by atoms with Crippen LogP contribution in [0, 0.1) is 0 Å². The van der Waals surface area contributed by atoms with Crippen LogP contribution in [0.4, 0.5) is 0 Å². The first kappa shape index (κ1) is 18.2. The number of hydrogen-bond acceptors (Lipinski definition) is 3. The zero-order chi connectivity index (χ0) is 13.5. The van der Waals surface area contributed by atoms with Crippen LogP contribution < -0.4 is 10.1 Å². The summed E-state index contributed by atoms with van der Waals surface area (Å²) in [6, 6.07) is 4.73. The second-order valence-corrected chi connectivity index (χ2v) is 3.87. The fourth-order valence-corrected chi connectivity index (χ4v) is 1.44. The first-order chi connectivity index (χ1) is 8.58. The Bertz CT molecular complexity index is 450. The molecule has 1 rings (SSSR count). The van der Waals surface area contributed by atoms with Crippen LogP contribution in [0.25, 0.3) is 5.73 Å². The summed E-state index contributed by atoms with van der Waals surface area (Å²) in [6.07, 6.45) is 0.606. The number of carbonyl (C=O) groups excluding carboxylic acids is 2. The topological polar surface area (TPSA) is 79.2 Å². The summed E-state index contributed by atoms with van der Waals surface area (Å²) < 4.78 is 5.06. The SMILES string of the molecule is COc1cc(C(C)=O)cc(C(=O)NCCC[NH-])c1.[Y]. The molecular weight excluding hydrogens is 321 g/mol. The molecule has 0 saturated heterocycles. The Hall–Kier alpha value is -0.776. The molecule has 0 aliphatic rings. The maximum absolute atomic E-state index is 11.8. The summed E-state index contributed by atoms with van der Waals surface area (Å²) in [7, 11) is 1.49. The molecule has 0 heterocycles. The van der Waals surface area contributed by atoms with Crippen LogP contribution in [0.1, 0.15) is 34.1 Å². The minimum absolute atomic E-state index is 0. The van der Waals surface area contributed by atoms with Crippen molar-refractivity contribution < 1.29 is 47.0 Å². The first-order valence-electron chi connectivity index (χ1n) is 5.71. The largest absolute Gasteiger partial charge is 0.677 e. The van der Waals surface area contributed by atoms with E-state index in [9.17, 15) is 9.59 Å². The summed E-state index contributed by atoms with van der Waals surface area (Å²) in [6.45, 7) is 2.17. The predicted molar refractivity (Wildman–Crippen MR) is 69.1 cm³/mol. The van der Waals surface area contributed by atoms with Gasteiger partial charge in [-0.2, -0.15) is 0 Å². The molecule has 1 amide bonds. The average molecular weight is 338 g/mol. The van der Waals surface area contributed by atoms with E-state index in [2.05, 4.69) is 5.32 Å². The van der Waals surface area contributed by atoms with E-state index in [1.807, 2.05) is 0 Å². The van der Waals surface area contributed by atoms with Gasteiger partial charge in [-0.25, -0.2) is 0 Å². The molecule has 0 saturated carbocycles. The van der Waals surface area contributed by atoms with Crippen molar-refractivity contribution in [2.75, 3.05) is 20.2 Å². The molecule has 2 N–H and O–H groups in total. The molecule has 101 valence electrons. The van der Waals surface area contributed by atoms with Crippen LogP contribution in [0.15, 0.2) is 18.2 Å². The van der Waals surface area contributed by atoms with Gasteiger partial charge >= 0.3 is 0 Å². The number of ether oxygens (including phenoxy) is 1. The minimum atomic E-state index is -0.259. The number of rotatable bonds is 6. The van der Waals surface area contributed by atoms with Crippen LogP contribution in [-0.4, -0.2) is 31.9 Å². The fraction of sp³-hybridized carbons (Fsp3) is 0.385. The molecule has 0 atom stereocenters. The van der Waals surface area contributed by atoms with Crippen LogP contribution in [0.2, 0.25) is 0 Å². The zero-order valence-electron chi connectivity index (χ0n) is 11.2. The van der Waals surface area contributed by atoms with E-state index in [1.165, 1.54) is 14.0 Å². The van der Waals surface area contributed by atoms with E-state index < -0.39 is 0 Å². The smallest absolute Gasteiger partial charge is 0.251 e. The molecule has 6 heteroatoms. The van der Waals surface area contributed by atoms with Gasteiger partial charge in [0.1, 0.15) is 5.75 Å². The van der Waals surface area contributed by atoms with E-state index in [1.54, 1.807) is 18.2 Å². The van der Waals surface area contributed by atoms with Crippen molar-refractivity contribution in [1.82, 2.24) is 5.32 Å². The third-order valence-corrected chi connectivity index (χ3v) is 2.45. The molecule has 0 aromatic heterocycles. The summed E-state index contributed by atoms with van der Waals surface area (Å²) >= 11 is 0. The molecule has 0 unspecified atom stereocenters. The van der Waals surface area contributed by atoms with E-state index in [0.717, 1.165) is 0 Å². The molecule has 0 spiro atoms. The van der Waals surface area contributed by atoms with Gasteiger partial charge in [-0.15, -0.1) is 6.54 Å². The number of nitrogens with one attached hydrogen (secondary N) is 2. The number of amides is 1. The predicted octanol–water partition coefficient (Wildman–Crippen LogP) is 2.07. The van der Waals surface area contributed by atoms with Gasteiger partial charge in [0.15, 0.2) is 5.78 Å². The van der Waals surface area contributed by atoms with Crippen molar-refractivity contribution in [3.05, 3.63) is 35.1 Å². The molecule has 0 aliphatic heterocycles. The van der Waals surface area contributed by atoms with Gasteiger partial charge in [-0.3, -0.25) is 9.59 Å². The molecule has 0 aliphatic carbocycles. The van der Waals surface area contributed by atoms with E-state index in [-0.39, 0.29) is 50.9 Å². The second kappa shape index (κ2) is 9.18. The van der Waals surface area contributed by atoms with E-state index in [4.69, 9.17) is 10.5 Å². The average Bonchev–Trinajstić information content (AvgIpc) is 2.38. The van der Waals surface area contributed by atoms with Gasteiger partial charge in [-0.05, 0) is 25.1 Å². The van der Waals surface area contributed by atoms with E-state index >= 15 is 0 Å². The maximum atomic E-state index is 11.8. The van der Waals surface area contributed by atoms with Crippen molar-refractivity contribution in [2.24, 2.45) is 0 Å². The quantitative estimate of drug-likeness (QED) is 0.637. The van der Waals surface area contributed by atoms with Crippen molar-refractivity contribution in [1.29, 1.82) is 0 Å². The summed E-state index contributed by atoms with van der Waals surface area (Å²) in [4.78, 5) is 23.2. The monoisotopic (exact) mass is 338 g/mol. The summed E-state index contributed by atoms with van der Waals surface area (Å²) in [5.74, 6) is 0.104. The molecule has 19 heavy (non-hydrogen) atoms. The van der Waals surface area contributed by atoms with Crippen molar-refractivity contribution in [3.63, 3.8) is 0 Å². The van der Waals surface area contributed by atoms with Gasteiger partial charge in [0, 0.05) is 50.4 Å². The Kier molecular flexibility index (Phi) is 8.80. The molecule has 1 radical (unpaired) electrons. The maximum Gasteiger partial charge on any atom is 0.251 e. The number of methoxy groups -OCH3 is 1. The number of benzene rings is 1. The number of Topliss-reactive ketones (excluding diaryl/α,β-unsaturated/α-hetero) is 1. The summed E-state index contributed by atoms with van der Waals surface area (Å²) in [5.41, 5.74) is 7.83. The van der Waals surface area contributed by atoms with Crippen LogP contribution in [0.5, 0.6) is 5.75 Å². The Labute approximate surface area is 138 Å². The fourth-order valence-electron chi connectivity index (χ4n) is 1.44. The molecule has 1 aromatic carbocycles. The van der Waals surface area contributed by atoms with Crippen molar-refractivity contribution in [2.45, 2.75) is 13.3 Å². The number of ketones is 1. The van der Waals surface area contributed by atoms with Gasteiger partial charge < -0.3 is 15.8 Å². The van der Waals surface area contributed by atoms with Gasteiger partial charge in [0.2, 0.25) is 0 Å². The van der Waals surface area contributed by atoms with E-state index in [0.29, 0.717) is 29.8 Å². The molecule has 0 fully saturated rings. The third kappa shape index (κ3) is 5.80. The molecule has 0 bridgehead atoms. The number of hydrogen-bond donors (Lipinski definition) is 1. The van der Waals surface area contributed by atoms with Crippen LogP contribution in [0.3, 0.4) is 0 Å². The molecule has 5 nitrogen and oxygen atoms in total. The van der Waals surface area contributed by atoms with Gasteiger partial charge in [-0.1, -0.05) is 6.42 Å². The Morgan fingerprint density at radius 3 is 2.42 bits per heavy atom. The standard InChI is InChI=1S/C13H17N2O3.Y/c1-9(16)10-6-11(8-12(7-10)18-2)13(17)15-5-3-4-14;/h6-8,14H,3-5H2,1-2H3,(H,15,17);/q-1;. The summed E-state index contributed by atoms with van der Waals surface area (Å²) in [5, 5.41) is 2.69. The molecule has 1 aromatic rings. The van der Waals surface area contributed by atoms with Gasteiger partial charge in [0.05, 0.1) is 7.11 Å². The second-order valence-electron chi connectivity index (χ2n) is 3.87. The first-order valence-corrected chi connectivity index (χ1v) is 5.71. The molecular formula is C13H17N2O3Y-. The van der Waals surface area contributed by atoms with Gasteiger partial charge in [0.25, 0.3) is 5.91 Å². The zero-order valence-corrected chi connectivity index (χ0v) is 14.0. The van der Waals surface area contributed by atoms with Crippen LogP contribution in [-0.2, 0) is 32.7 Å². The normalized spacial score (nSPS) is 9.42. The van der Waals surface area contributed by atoms with Crippen molar-refractivity contribution >= 4 is 11.7 Å². The Morgan fingerprint density at radius 2 is 1.89 bits per heavy atom. The third-order valence-electron chi connectivity index (χ3n) is 2.45. The van der Waals surface area contributed by atoms with Crippen LogP contribution >= 0.6 is 0 Å².